The van der Waals surface area contributed by atoms with Gasteiger partial charge in [0.05, 0.1) is 16.2 Å². The fourth-order valence-electron chi connectivity index (χ4n) is 2.34. The zero-order valence-electron chi connectivity index (χ0n) is 11.9. The van der Waals surface area contributed by atoms with Gasteiger partial charge in [0, 0.05) is 32.7 Å². The van der Waals surface area contributed by atoms with Gasteiger partial charge in [-0.2, -0.15) is 0 Å². The predicted molar refractivity (Wildman–Crippen MR) is 95.4 cm³/mol. The molecule has 0 aliphatic carbocycles. The van der Waals surface area contributed by atoms with Crippen molar-refractivity contribution < 1.29 is 14.5 Å². The number of amides is 2. The number of halogens is 2. The lowest BCUT2D eigenvalue weighted by molar-refractivity contribution is -0.384. The van der Waals surface area contributed by atoms with Crippen molar-refractivity contribution in [3.63, 3.8) is 0 Å². The first-order valence-electron chi connectivity index (χ1n) is 6.69. The normalized spacial score (nSPS) is 14.1. The van der Waals surface area contributed by atoms with E-state index in [-0.39, 0.29) is 16.9 Å². The smallest absolute Gasteiger partial charge is 0.269 e. The quantitative estimate of drug-likeness (QED) is 0.400. The average Bonchev–Trinajstić information content (AvgIpc) is 2.85. The highest BCUT2D eigenvalue weighted by molar-refractivity contribution is 9.13. The Morgan fingerprint density at radius 1 is 1.00 bits per heavy atom. The Morgan fingerprint density at radius 3 is 2.29 bits per heavy atom. The summed E-state index contributed by atoms with van der Waals surface area (Å²) >= 11 is 6.76. The number of nitrogens with zero attached hydrogens (tertiary/aromatic N) is 2. The molecule has 2 aromatic carbocycles. The summed E-state index contributed by atoms with van der Waals surface area (Å²) in [5, 5.41) is 10.7. The van der Waals surface area contributed by atoms with Crippen LogP contribution in [0.5, 0.6) is 0 Å². The molecule has 3 rings (SSSR count). The molecule has 0 saturated carbocycles. The van der Waals surface area contributed by atoms with E-state index < -0.39 is 16.7 Å². The number of anilines is 1. The van der Waals surface area contributed by atoms with Gasteiger partial charge in [-0.25, -0.2) is 4.90 Å². The van der Waals surface area contributed by atoms with Crippen molar-refractivity contribution in [1.82, 2.24) is 0 Å². The number of non-ortho nitro benzene ring substituents is 1. The van der Waals surface area contributed by atoms with Crippen molar-refractivity contribution in [2.45, 2.75) is 0 Å². The molecule has 1 heterocycles. The Morgan fingerprint density at radius 2 is 1.67 bits per heavy atom. The second-order valence-electron chi connectivity index (χ2n) is 4.91. The summed E-state index contributed by atoms with van der Waals surface area (Å²) in [7, 11) is 0. The van der Waals surface area contributed by atoms with Crippen LogP contribution in [0.3, 0.4) is 0 Å². The van der Waals surface area contributed by atoms with Gasteiger partial charge < -0.3 is 0 Å². The van der Waals surface area contributed by atoms with Gasteiger partial charge >= 0.3 is 0 Å². The van der Waals surface area contributed by atoms with Crippen LogP contribution in [0.25, 0.3) is 5.57 Å². The summed E-state index contributed by atoms with van der Waals surface area (Å²) in [4.78, 5) is 36.1. The van der Waals surface area contributed by atoms with E-state index >= 15 is 0 Å². The fourth-order valence-corrected chi connectivity index (χ4v) is 3.19. The SMILES string of the molecule is O=C1C=C(c2cccc(Br)c2Br)C(=O)N1c1ccc([N+](=O)[O-])cc1. The van der Waals surface area contributed by atoms with Crippen molar-refractivity contribution >= 4 is 60.6 Å². The first-order valence-corrected chi connectivity index (χ1v) is 8.27. The number of nitro benzene ring substituents is 1. The van der Waals surface area contributed by atoms with E-state index in [1.807, 2.05) is 6.07 Å². The molecule has 0 saturated heterocycles. The predicted octanol–water partition coefficient (Wildman–Crippen LogP) is 4.08. The summed E-state index contributed by atoms with van der Waals surface area (Å²) in [5.41, 5.74) is 1.02. The van der Waals surface area contributed by atoms with E-state index in [1.165, 1.54) is 30.3 Å². The molecular weight excluding hydrogens is 444 g/mol. The molecule has 6 nitrogen and oxygen atoms in total. The maximum atomic E-state index is 12.7. The molecular formula is C16H8Br2N2O4. The Balaban J connectivity index is 1.97. The van der Waals surface area contributed by atoms with E-state index in [0.717, 1.165) is 9.37 Å². The number of hydrogen-bond acceptors (Lipinski definition) is 4. The largest absolute Gasteiger partial charge is 0.269 e. The van der Waals surface area contributed by atoms with Crippen LogP contribution in [0, 0.1) is 10.1 Å². The highest BCUT2D eigenvalue weighted by Crippen LogP contribution is 2.35. The zero-order chi connectivity index (χ0) is 17.4. The van der Waals surface area contributed by atoms with Crippen LogP contribution in [-0.2, 0) is 9.59 Å². The van der Waals surface area contributed by atoms with Gasteiger partial charge in [0.1, 0.15) is 0 Å². The lowest BCUT2D eigenvalue weighted by Crippen LogP contribution is -2.30. The minimum atomic E-state index is -0.542. The molecule has 0 N–H and O–H groups in total. The van der Waals surface area contributed by atoms with Gasteiger partial charge in [-0.3, -0.25) is 19.7 Å². The Bertz CT molecular complexity index is 907. The zero-order valence-corrected chi connectivity index (χ0v) is 15.1. The molecule has 0 spiro atoms. The molecule has 1 aliphatic rings. The maximum Gasteiger partial charge on any atom is 0.269 e. The van der Waals surface area contributed by atoms with Crippen LogP contribution in [0.1, 0.15) is 5.56 Å². The molecule has 0 bridgehead atoms. The molecule has 1 aliphatic heterocycles. The first kappa shape index (κ1) is 16.5. The maximum absolute atomic E-state index is 12.7. The van der Waals surface area contributed by atoms with Gasteiger partial charge in [0.2, 0.25) is 0 Å². The summed E-state index contributed by atoms with van der Waals surface area (Å²) in [6.07, 6.45) is 1.26. The second-order valence-corrected chi connectivity index (χ2v) is 6.56. The standard InChI is InChI=1S/C16H8Br2N2O4/c17-13-3-1-2-11(15(13)18)12-8-14(21)19(16(12)22)9-4-6-10(7-5-9)20(23)24/h1-8H. The molecule has 8 heteroatoms. The summed E-state index contributed by atoms with van der Waals surface area (Å²) in [6.45, 7) is 0. The Hall–Kier alpha value is -2.32. The molecule has 2 aromatic rings. The molecule has 0 unspecified atom stereocenters. The highest BCUT2D eigenvalue weighted by Gasteiger charge is 2.34. The molecule has 0 fully saturated rings. The number of rotatable bonds is 3. The third-order valence-electron chi connectivity index (χ3n) is 3.48. The van der Waals surface area contributed by atoms with Crippen molar-refractivity contribution in [3.05, 3.63) is 73.2 Å². The number of benzene rings is 2. The molecule has 2 amide bonds. The van der Waals surface area contributed by atoms with Crippen LogP contribution < -0.4 is 4.90 Å². The number of imide groups is 1. The van der Waals surface area contributed by atoms with Crippen LogP contribution in [-0.4, -0.2) is 16.7 Å². The summed E-state index contributed by atoms with van der Waals surface area (Å²) in [5.74, 6) is -0.969. The summed E-state index contributed by atoms with van der Waals surface area (Å²) < 4.78 is 1.43. The Labute approximate surface area is 153 Å². The number of carbonyl (C=O) groups excluding carboxylic acids is 2. The van der Waals surface area contributed by atoms with E-state index in [0.29, 0.717) is 10.0 Å². The monoisotopic (exact) mass is 450 g/mol. The number of carbonyl (C=O) groups is 2. The minimum absolute atomic E-state index is 0.110. The van der Waals surface area contributed by atoms with E-state index in [2.05, 4.69) is 31.9 Å². The fraction of sp³-hybridized carbons (Fsp3) is 0. The summed E-state index contributed by atoms with van der Waals surface area (Å²) in [6, 6.07) is 10.6. The van der Waals surface area contributed by atoms with E-state index in [1.54, 1.807) is 12.1 Å². The van der Waals surface area contributed by atoms with Gasteiger partial charge in [-0.1, -0.05) is 12.1 Å². The van der Waals surface area contributed by atoms with Gasteiger partial charge in [-0.15, -0.1) is 0 Å². The molecule has 120 valence electrons. The molecule has 0 aromatic heterocycles. The topological polar surface area (TPSA) is 80.5 Å². The van der Waals surface area contributed by atoms with E-state index in [9.17, 15) is 19.7 Å². The van der Waals surface area contributed by atoms with Gasteiger partial charge in [0.15, 0.2) is 0 Å². The van der Waals surface area contributed by atoms with Gasteiger partial charge in [0.25, 0.3) is 17.5 Å². The molecule has 0 atom stereocenters. The van der Waals surface area contributed by atoms with Crippen LogP contribution in [0.15, 0.2) is 57.5 Å². The average molecular weight is 452 g/mol. The third-order valence-corrected chi connectivity index (χ3v) is 5.53. The second kappa shape index (κ2) is 6.29. The van der Waals surface area contributed by atoms with E-state index in [4.69, 9.17) is 0 Å². The van der Waals surface area contributed by atoms with Crippen molar-refractivity contribution in [3.8, 4) is 0 Å². The molecule has 0 radical (unpaired) electrons. The van der Waals surface area contributed by atoms with Gasteiger partial charge in [-0.05, 0) is 50.1 Å². The Kier molecular flexibility index (Phi) is 4.33. The van der Waals surface area contributed by atoms with Crippen LogP contribution in [0.2, 0.25) is 0 Å². The number of hydrogen-bond donors (Lipinski definition) is 0. The van der Waals surface area contributed by atoms with Crippen molar-refractivity contribution in [2.75, 3.05) is 4.90 Å². The number of nitro groups is 1. The lowest BCUT2D eigenvalue weighted by atomic mass is 10.1. The lowest BCUT2D eigenvalue weighted by Gasteiger charge is -2.15. The highest BCUT2D eigenvalue weighted by atomic mass is 79.9. The van der Waals surface area contributed by atoms with Crippen molar-refractivity contribution in [2.24, 2.45) is 0 Å². The van der Waals surface area contributed by atoms with Crippen LogP contribution >= 0.6 is 31.9 Å². The van der Waals surface area contributed by atoms with Crippen LogP contribution in [0.4, 0.5) is 11.4 Å². The molecule has 24 heavy (non-hydrogen) atoms. The third kappa shape index (κ3) is 2.78. The first-order chi connectivity index (χ1) is 11.4. The van der Waals surface area contributed by atoms with Crippen molar-refractivity contribution in [1.29, 1.82) is 0 Å². The minimum Gasteiger partial charge on any atom is -0.269 e.